The molecular formula is C17H21N3O4S. The van der Waals surface area contributed by atoms with Crippen LogP contribution in [0.15, 0.2) is 41.4 Å². The van der Waals surface area contributed by atoms with E-state index in [4.69, 9.17) is 4.74 Å². The molecular weight excluding hydrogens is 342 g/mol. The topological polar surface area (TPSA) is 91.5 Å². The number of carbonyl (C=O) groups excluding carboxylic acids is 1. The third kappa shape index (κ3) is 3.92. The van der Waals surface area contributed by atoms with E-state index in [-0.39, 0.29) is 16.5 Å². The van der Waals surface area contributed by atoms with Crippen LogP contribution in [0.3, 0.4) is 0 Å². The number of rotatable bonds is 5. The smallest absolute Gasteiger partial charge is 0.268 e. The predicted molar refractivity (Wildman–Crippen MR) is 92.7 cm³/mol. The molecule has 2 aromatic rings. The zero-order valence-electron chi connectivity index (χ0n) is 14.0. The molecule has 0 aliphatic carbocycles. The maximum absolute atomic E-state index is 12.6. The molecule has 0 radical (unpaired) electrons. The van der Waals surface area contributed by atoms with E-state index in [1.807, 2.05) is 31.2 Å². The van der Waals surface area contributed by atoms with Crippen LogP contribution in [0.25, 0.3) is 0 Å². The molecule has 1 aromatic heterocycles. The first-order valence-corrected chi connectivity index (χ1v) is 9.51. The Hall–Kier alpha value is -2.16. The fourth-order valence-electron chi connectivity index (χ4n) is 2.67. The molecule has 2 heterocycles. The first-order chi connectivity index (χ1) is 12.0. The van der Waals surface area contributed by atoms with Gasteiger partial charge in [-0.05, 0) is 24.1 Å². The van der Waals surface area contributed by atoms with E-state index in [0.717, 1.165) is 11.1 Å². The van der Waals surface area contributed by atoms with Gasteiger partial charge in [-0.1, -0.05) is 24.3 Å². The number of hydrogen-bond donors (Lipinski definition) is 2. The molecule has 7 nitrogen and oxygen atoms in total. The van der Waals surface area contributed by atoms with Gasteiger partial charge in [0.1, 0.15) is 10.6 Å². The highest BCUT2D eigenvalue weighted by molar-refractivity contribution is 7.89. The maximum atomic E-state index is 12.6. The lowest BCUT2D eigenvalue weighted by Crippen LogP contribution is -2.40. The summed E-state index contributed by atoms with van der Waals surface area (Å²) in [7, 11) is -3.61. The molecule has 1 saturated heterocycles. The first-order valence-electron chi connectivity index (χ1n) is 8.07. The van der Waals surface area contributed by atoms with Gasteiger partial charge in [0.05, 0.1) is 13.2 Å². The molecule has 1 aliphatic heterocycles. The Bertz CT molecular complexity index is 854. The van der Waals surface area contributed by atoms with Crippen LogP contribution in [0.2, 0.25) is 0 Å². The molecule has 0 spiro atoms. The summed E-state index contributed by atoms with van der Waals surface area (Å²) in [6.07, 6.45) is 1.35. The molecule has 3 rings (SSSR count). The lowest BCUT2D eigenvalue weighted by molar-refractivity contribution is 0.0730. The van der Waals surface area contributed by atoms with Crippen molar-refractivity contribution in [3.63, 3.8) is 0 Å². The van der Waals surface area contributed by atoms with Crippen LogP contribution in [0.4, 0.5) is 0 Å². The third-order valence-electron chi connectivity index (χ3n) is 4.21. The van der Waals surface area contributed by atoms with Gasteiger partial charge in [0, 0.05) is 25.8 Å². The van der Waals surface area contributed by atoms with Gasteiger partial charge in [0.2, 0.25) is 10.0 Å². The van der Waals surface area contributed by atoms with Crippen LogP contribution in [0.5, 0.6) is 0 Å². The summed E-state index contributed by atoms with van der Waals surface area (Å²) in [4.78, 5) is 15.1. The fourth-order valence-corrected chi connectivity index (χ4v) is 4.07. The van der Waals surface area contributed by atoms with Gasteiger partial charge in [0.15, 0.2) is 0 Å². The monoisotopic (exact) mass is 363 g/mol. The second kappa shape index (κ2) is 7.38. The predicted octanol–water partition coefficient (Wildman–Crippen LogP) is 1.27. The molecule has 25 heavy (non-hydrogen) atoms. The van der Waals surface area contributed by atoms with Crippen molar-refractivity contribution in [2.45, 2.75) is 18.4 Å². The highest BCUT2D eigenvalue weighted by Crippen LogP contribution is 2.18. The molecule has 1 amide bonds. The zero-order chi connectivity index (χ0) is 17.9. The van der Waals surface area contributed by atoms with Crippen LogP contribution in [0, 0.1) is 6.92 Å². The number of H-pyrrole nitrogens is 1. The Morgan fingerprint density at radius 1 is 1.28 bits per heavy atom. The van der Waals surface area contributed by atoms with Gasteiger partial charge >= 0.3 is 0 Å². The molecule has 1 aliphatic rings. The van der Waals surface area contributed by atoms with Gasteiger partial charge in [-0.2, -0.15) is 4.31 Å². The Morgan fingerprint density at radius 2 is 2.00 bits per heavy atom. The van der Waals surface area contributed by atoms with Gasteiger partial charge in [-0.3, -0.25) is 4.79 Å². The van der Waals surface area contributed by atoms with E-state index in [1.165, 1.54) is 16.6 Å². The number of amides is 1. The van der Waals surface area contributed by atoms with Crippen LogP contribution >= 0.6 is 0 Å². The van der Waals surface area contributed by atoms with Crippen LogP contribution < -0.4 is 5.32 Å². The highest BCUT2D eigenvalue weighted by Gasteiger charge is 2.27. The Kier molecular flexibility index (Phi) is 5.22. The van der Waals surface area contributed by atoms with E-state index in [0.29, 0.717) is 32.8 Å². The summed E-state index contributed by atoms with van der Waals surface area (Å²) in [5, 5.41) is 2.80. The maximum Gasteiger partial charge on any atom is 0.268 e. The number of hydrogen-bond acceptors (Lipinski definition) is 4. The largest absolute Gasteiger partial charge is 0.379 e. The molecule has 0 bridgehead atoms. The number of benzene rings is 1. The summed E-state index contributed by atoms with van der Waals surface area (Å²) in [5.41, 5.74) is 2.33. The molecule has 1 aromatic carbocycles. The minimum Gasteiger partial charge on any atom is -0.379 e. The van der Waals surface area contributed by atoms with Crippen LogP contribution in [0.1, 0.15) is 21.6 Å². The molecule has 134 valence electrons. The van der Waals surface area contributed by atoms with Crippen molar-refractivity contribution in [1.29, 1.82) is 0 Å². The van der Waals surface area contributed by atoms with Crippen molar-refractivity contribution >= 4 is 15.9 Å². The fraction of sp³-hybridized carbons (Fsp3) is 0.353. The average Bonchev–Trinajstić information content (AvgIpc) is 3.12. The number of nitrogens with one attached hydrogen (secondary N) is 2. The summed E-state index contributed by atoms with van der Waals surface area (Å²) >= 11 is 0. The van der Waals surface area contributed by atoms with Gasteiger partial charge in [-0.25, -0.2) is 8.42 Å². The normalized spacial score (nSPS) is 15.9. The number of aromatic amines is 1. The van der Waals surface area contributed by atoms with Crippen molar-refractivity contribution in [1.82, 2.24) is 14.6 Å². The number of sulfonamides is 1. The summed E-state index contributed by atoms with van der Waals surface area (Å²) in [5.74, 6) is -0.341. The van der Waals surface area contributed by atoms with Crippen LogP contribution in [-0.4, -0.2) is 49.9 Å². The number of aryl methyl sites for hydroxylation is 1. The summed E-state index contributed by atoms with van der Waals surface area (Å²) < 4.78 is 31.7. The Labute approximate surface area is 147 Å². The number of ether oxygens (including phenoxy) is 1. The second-order valence-electron chi connectivity index (χ2n) is 5.87. The number of nitrogens with zero attached hydrogens (tertiary/aromatic N) is 1. The molecule has 8 heteroatoms. The van der Waals surface area contributed by atoms with E-state index in [2.05, 4.69) is 10.3 Å². The molecule has 0 unspecified atom stereocenters. The van der Waals surface area contributed by atoms with E-state index in [9.17, 15) is 13.2 Å². The summed E-state index contributed by atoms with van der Waals surface area (Å²) in [6, 6.07) is 9.14. The zero-order valence-corrected chi connectivity index (χ0v) is 14.8. The van der Waals surface area contributed by atoms with Crippen molar-refractivity contribution in [2.24, 2.45) is 0 Å². The minimum atomic E-state index is -3.61. The summed E-state index contributed by atoms with van der Waals surface area (Å²) in [6.45, 7) is 3.77. The van der Waals surface area contributed by atoms with E-state index in [1.54, 1.807) is 0 Å². The van der Waals surface area contributed by atoms with Crippen molar-refractivity contribution in [2.75, 3.05) is 26.3 Å². The molecule has 2 N–H and O–H groups in total. The van der Waals surface area contributed by atoms with Crippen molar-refractivity contribution in [3.8, 4) is 0 Å². The molecule has 0 atom stereocenters. The Balaban J connectivity index is 1.68. The third-order valence-corrected chi connectivity index (χ3v) is 6.09. The minimum absolute atomic E-state index is 0.0930. The van der Waals surface area contributed by atoms with Crippen LogP contribution in [-0.2, 0) is 21.3 Å². The quantitative estimate of drug-likeness (QED) is 0.837. The molecule has 1 fully saturated rings. The van der Waals surface area contributed by atoms with E-state index >= 15 is 0 Å². The van der Waals surface area contributed by atoms with Crippen molar-refractivity contribution in [3.05, 3.63) is 53.3 Å². The van der Waals surface area contributed by atoms with Gasteiger partial charge < -0.3 is 15.0 Å². The van der Waals surface area contributed by atoms with Gasteiger partial charge in [-0.15, -0.1) is 0 Å². The average molecular weight is 363 g/mol. The lowest BCUT2D eigenvalue weighted by atomic mass is 10.1. The lowest BCUT2D eigenvalue weighted by Gasteiger charge is -2.25. The van der Waals surface area contributed by atoms with E-state index < -0.39 is 10.0 Å². The first kappa shape index (κ1) is 17.7. The number of carbonyl (C=O) groups is 1. The van der Waals surface area contributed by atoms with Gasteiger partial charge in [0.25, 0.3) is 5.91 Å². The number of aromatic nitrogens is 1. The SMILES string of the molecule is Cc1ccccc1CNC(=O)c1cc(S(=O)(=O)N2CCOCC2)c[nH]1. The molecule has 0 saturated carbocycles. The Morgan fingerprint density at radius 3 is 2.72 bits per heavy atom. The second-order valence-corrected chi connectivity index (χ2v) is 7.81. The number of morpholine rings is 1. The standard InChI is InChI=1S/C17H21N3O4S/c1-13-4-2-3-5-14(13)11-19-17(21)16-10-15(12-18-16)25(22,23)20-6-8-24-9-7-20/h2-5,10,12,18H,6-9,11H2,1H3,(H,19,21). The highest BCUT2D eigenvalue weighted by atomic mass is 32.2. The van der Waals surface area contributed by atoms with Crippen molar-refractivity contribution < 1.29 is 17.9 Å².